The van der Waals surface area contributed by atoms with Crippen molar-refractivity contribution in [3.63, 3.8) is 0 Å². The number of hydrogen-bond acceptors (Lipinski definition) is 2. The largest absolute Gasteiger partial charge is 0.351 e. The first-order valence-electron chi connectivity index (χ1n) is 7.53. The minimum atomic E-state index is -0.104. The van der Waals surface area contributed by atoms with Crippen LogP contribution in [0.5, 0.6) is 0 Å². The average molecular weight is 313 g/mol. The molecule has 0 aromatic heterocycles. The Hall–Kier alpha value is -1.74. The topological polar surface area (TPSA) is 29.1 Å². The molecule has 1 N–H and O–H groups in total. The number of nitrogens with one attached hydrogen (secondary N) is 1. The summed E-state index contributed by atoms with van der Waals surface area (Å²) in [5, 5.41) is 2.90. The average Bonchev–Trinajstić information content (AvgIpc) is 2.50. The molecule has 2 nitrogen and oxygen atoms in total. The molecule has 22 heavy (non-hydrogen) atoms. The van der Waals surface area contributed by atoms with Crippen LogP contribution in [0.1, 0.15) is 29.2 Å². The number of carbonyl (C=O) groups is 1. The molecule has 0 radical (unpaired) electrons. The minimum absolute atomic E-state index is 0.0730. The molecule has 0 bridgehead atoms. The highest BCUT2D eigenvalue weighted by Gasteiger charge is 2.14. The van der Waals surface area contributed by atoms with Crippen LogP contribution >= 0.6 is 11.8 Å². The SMILES string of the molecule is Cc1ccc(CNC(=O)C(C)Sc2ccc(C)c(C)c2)cc1. The smallest absolute Gasteiger partial charge is 0.233 e. The number of benzene rings is 2. The van der Waals surface area contributed by atoms with Gasteiger partial charge >= 0.3 is 0 Å². The highest BCUT2D eigenvalue weighted by atomic mass is 32.2. The van der Waals surface area contributed by atoms with Gasteiger partial charge in [-0.2, -0.15) is 0 Å². The van der Waals surface area contributed by atoms with E-state index in [1.54, 1.807) is 11.8 Å². The highest BCUT2D eigenvalue weighted by molar-refractivity contribution is 8.00. The Morgan fingerprint density at radius 2 is 1.73 bits per heavy atom. The van der Waals surface area contributed by atoms with E-state index in [2.05, 4.69) is 68.6 Å². The van der Waals surface area contributed by atoms with E-state index < -0.39 is 0 Å². The number of carbonyl (C=O) groups excluding carboxylic acids is 1. The second-order valence-electron chi connectivity index (χ2n) is 5.71. The van der Waals surface area contributed by atoms with E-state index in [1.165, 1.54) is 16.7 Å². The molecular weight excluding hydrogens is 290 g/mol. The van der Waals surface area contributed by atoms with Crippen LogP contribution in [-0.2, 0) is 11.3 Å². The molecule has 0 fully saturated rings. The highest BCUT2D eigenvalue weighted by Crippen LogP contribution is 2.25. The maximum absolute atomic E-state index is 12.2. The van der Waals surface area contributed by atoms with Crippen molar-refractivity contribution in [3.05, 3.63) is 64.7 Å². The molecule has 2 rings (SSSR count). The van der Waals surface area contributed by atoms with Gasteiger partial charge in [-0.3, -0.25) is 4.79 Å². The molecule has 0 spiro atoms. The first-order chi connectivity index (χ1) is 10.5. The van der Waals surface area contributed by atoms with E-state index in [0.717, 1.165) is 10.5 Å². The van der Waals surface area contributed by atoms with Crippen molar-refractivity contribution in [2.45, 2.75) is 44.4 Å². The third kappa shape index (κ3) is 4.63. The Kier molecular flexibility index (Phi) is 5.67. The Labute approximate surface area is 137 Å². The summed E-state index contributed by atoms with van der Waals surface area (Å²) in [6.07, 6.45) is 0. The Bertz CT molecular complexity index is 649. The third-order valence-electron chi connectivity index (χ3n) is 3.75. The summed E-state index contributed by atoms with van der Waals surface area (Å²) in [6.45, 7) is 8.79. The van der Waals surface area contributed by atoms with E-state index in [-0.39, 0.29) is 11.2 Å². The fraction of sp³-hybridized carbons (Fsp3) is 0.316. The van der Waals surface area contributed by atoms with E-state index >= 15 is 0 Å². The summed E-state index contributed by atoms with van der Waals surface area (Å²) >= 11 is 1.60. The summed E-state index contributed by atoms with van der Waals surface area (Å²) in [6, 6.07) is 14.6. The van der Waals surface area contributed by atoms with Crippen molar-refractivity contribution in [1.29, 1.82) is 0 Å². The standard InChI is InChI=1S/C19H23NOS/c1-13-5-8-17(9-6-13)12-20-19(21)16(4)22-18-10-7-14(2)15(3)11-18/h5-11,16H,12H2,1-4H3,(H,20,21). The van der Waals surface area contributed by atoms with Gasteiger partial charge in [-0.05, 0) is 56.5 Å². The van der Waals surface area contributed by atoms with Gasteiger partial charge in [0.15, 0.2) is 0 Å². The number of thioether (sulfide) groups is 1. The summed E-state index contributed by atoms with van der Waals surface area (Å²) < 4.78 is 0. The maximum atomic E-state index is 12.2. The first kappa shape index (κ1) is 16.6. The molecule has 0 saturated heterocycles. The zero-order chi connectivity index (χ0) is 16.1. The lowest BCUT2D eigenvalue weighted by Crippen LogP contribution is -2.30. The molecule has 0 aliphatic carbocycles. The Morgan fingerprint density at radius 1 is 1.05 bits per heavy atom. The van der Waals surface area contributed by atoms with Gasteiger partial charge in [0.1, 0.15) is 0 Å². The summed E-state index contributed by atoms with van der Waals surface area (Å²) in [5.41, 5.74) is 4.90. The van der Waals surface area contributed by atoms with Crippen LogP contribution in [0.25, 0.3) is 0 Å². The molecular formula is C19H23NOS. The van der Waals surface area contributed by atoms with Crippen molar-refractivity contribution in [2.75, 3.05) is 0 Å². The van der Waals surface area contributed by atoms with Crippen LogP contribution in [0.2, 0.25) is 0 Å². The predicted molar refractivity (Wildman–Crippen MR) is 94.3 cm³/mol. The van der Waals surface area contributed by atoms with E-state index in [4.69, 9.17) is 0 Å². The van der Waals surface area contributed by atoms with Crippen LogP contribution in [0, 0.1) is 20.8 Å². The monoisotopic (exact) mass is 313 g/mol. The number of aryl methyl sites for hydroxylation is 3. The van der Waals surface area contributed by atoms with Gasteiger partial charge in [0.25, 0.3) is 0 Å². The van der Waals surface area contributed by atoms with Crippen molar-refractivity contribution in [2.24, 2.45) is 0 Å². The van der Waals surface area contributed by atoms with Gasteiger partial charge in [-0.25, -0.2) is 0 Å². The normalized spacial score (nSPS) is 12.0. The van der Waals surface area contributed by atoms with Crippen LogP contribution in [-0.4, -0.2) is 11.2 Å². The molecule has 2 aromatic rings. The number of rotatable bonds is 5. The molecule has 0 heterocycles. The van der Waals surface area contributed by atoms with Crippen molar-refractivity contribution in [1.82, 2.24) is 5.32 Å². The molecule has 0 aliphatic rings. The van der Waals surface area contributed by atoms with Crippen LogP contribution < -0.4 is 5.32 Å². The fourth-order valence-electron chi connectivity index (χ4n) is 2.08. The zero-order valence-electron chi connectivity index (χ0n) is 13.6. The van der Waals surface area contributed by atoms with Gasteiger partial charge in [0.2, 0.25) is 5.91 Å². The van der Waals surface area contributed by atoms with E-state index in [1.807, 2.05) is 6.92 Å². The lowest BCUT2D eigenvalue weighted by Gasteiger charge is -2.13. The van der Waals surface area contributed by atoms with E-state index in [0.29, 0.717) is 6.54 Å². The lowest BCUT2D eigenvalue weighted by molar-refractivity contribution is -0.120. The van der Waals surface area contributed by atoms with Crippen molar-refractivity contribution in [3.8, 4) is 0 Å². The van der Waals surface area contributed by atoms with Crippen LogP contribution in [0.15, 0.2) is 47.4 Å². The molecule has 1 amide bonds. The second-order valence-corrected chi connectivity index (χ2v) is 7.12. The molecule has 2 aromatic carbocycles. The quantitative estimate of drug-likeness (QED) is 0.829. The predicted octanol–water partition coefficient (Wildman–Crippen LogP) is 4.41. The second kappa shape index (κ2) is 7.50. The Morgan fingerprint density at radius 3 is 2.36 bits per heavy atom. The molecule has 116 valence electrons. The molecule has 0 saturated carbocycles. The Balaban J connectivity index is 1.88. The number of amides is 1. The summed E-state index contributed by atoms with van der Waals surface area (Å²) in [4.78, 5) is 13.3. The summed E-state index contributed by atoms with van der Waals surface area (Å²) in [7, 11) is 0. The number of hydrogen-bond donors (Lipinski definition) is 1. The first-order valence-corrected chi connectivity index (χ1v) is 8.41. The van der Waals surface area contributed by atoms with Gasteiger partial charge in [-0.15, -0.1) is 11.8 Å². The minimum Gasteiger partial charge on any atom is -0.351 e. The van der Waals surface area contributed by atoms with Gasteiger partial charge < -0.3 is 5.32 Å². The van der Waals surface area contributed by atoms with E-state index in [9.17, 15) is 4.79 Å². The molecule has 3 heteroatoms. The third-order valence-corrected chi connectivity index (χ3v) is 4.84. The van der Waals surface area contributed by atoms with Gasteiger partial charge in [0.05, 0.1) is 5.25 Å². The summed E-state index contributed by atoms with van der Waals surface area (Å²) in [5.74, 6) is 0.0730. The molecule has 0 aliphatic heterocycles. The fourth-order valence-corrected chi connectivity index (χ4v) is 3.07. The van der Waals surface area contributed by atoms with Crippen molar-refractivity contribution < 1.29 is 4.79 Å². The van der Waals surface area contributed by atoms with Gasteiger partial charge in [0, 0.05) is 11.4 Å². The van der Waals surface area contributed by atoms with Crippen molar-refractivity contribution >= 4 is 17.7 Å². The van der Waals surface area contributed by atoms with Crippen LogP contribution in [0.3, 0.4) is 0 Å². The molecule has 1 atom stereocenters. The van der Waals surface area contributed by atoms with Gasteiger partial charge in [-0.1, -0.05) is 35.9 Å². The zero-order valence-corrected chi connectivity index (χ0v) is 14.5. The van der Waals surface area contributed by atoms with Crippen LogP contribution in [0.4, 0.5) is 0 Å². The molecule has 1 unspecified atom stereocenters. The maximum Gasteiger partial charge on any atom is 0.233 e. The lowest BCUT2D eigenvalue weighted by atomic mass is 10.1.